The number of nitrogens with zero attached hydrogens (tertiary/aromatic N) is 1. The molecule has 0 radical (unpaired) electrons. The molecule has 180 valence electrons. The van der Waals surface area contributed by atoms with Gasteiger partial charge in [0.25, 0.3) is 5.91 Å². The molecule has 34 heavy (non-hydrogen) atoms. The van der Waals surface area contributed by atoms with E-state index >= 15 is 0 Å². The fourth-order valence-electron chi connectivity index (χ4n) is 3.72. The summed E-state index contributed by atoms with van der Waals surface area (Å²) in [5.41, 5.74) is 2.49. The number of nitrogens with one attached hydrogen (secondary N) is 2. The molecule has 1 aliphatic rings. The molecule has 1 amide bonds. The van der Waals surface area contributed by atoms with Gasteiger partial charge in [0.1, 0.15) is 0 Å². The van der Waals surface area contributed by atoms with Crippen molar-refractivity contribution in [3.05, 3.63) is 65.5 Å². The van der Waals surface area contributed by atoms with E-state index in [1.807, 2.05) is 43.3 Å². The van der Waals surface area contributed by atoms with Crippen molar-refractivity contribution in [3.8, 4) is 11.1 Å². The fraction of sp³-hybridized carbons (Fsp3) is 0.320. The van der Waals surface area contributed by atoms with Crippen LogP contribution in [0.3, 0.4) is 0 Å². The maximum atomic E-state index is 13.2. The van der Waals surface area contributed by atoms with Gasteiger partial charge in [0.2, 0.25) is 10.0 Å². The molecule has 2 heterocycles. The van der Waals surface area contributed by atoms with Crippen molar-refractivity contribution in [1.82, 2.24) is 4.72 Å². The molecule has 0 spiro atoms. The highest BCUT2D eigenvalue weighted by Crippen LogP contribution is 2.39. The van der Waals surface area contributed by atoms with Crippen molar-refractivity contribution in [2.24, 2.45) is 0 Å². The van der Waals surface area contributed by atoms with Crippen molar-refractivity contribution >= 4 is 38.0 Å². The second kappa shape index (κ2) is 11.1. The van der Waals surface area contributed by atoms with Gasteiger partial charge in [-0.1, -0.05) is 49.7 Å². The average Bonchev–Trinajstić information content (AvgIpc) is 3.31. The summed E-state index contributed by atoms with van der Waals surface area (Å²) in [4.78, 5) is 16.1. The Kier molecular flexibility index (Phi) is 7.99. The summed E-state index contributed by atoms with van der Waals surface area (Å²) in [5, 5.41) is 3.91. The average molecular weight is 500 g/mol. The van der Waals surface area contributed by atoms with Gasteiger partial charge in [-0.15, -0.1) is 11.3 Å². The lowest BCUT2D eigenvalue weighted by Crippen LogP contribution is -2.35. The highest BCUT2D eigenvalue weighted by molar-refractivity contribution is 7.89. The van der Waals surface area contributed by atoms with Crippen LogP contribution < -0.4 is 14.9 Å². The minimum Gasteiger partial charge on any atom is -0.378 e. The molecular weight excluding hydrogens is 470 g/mol. The van der Waals surface area contributed by atoms with Gasteiger partial charge in [-0.3, -0.25) is 4.79 Å². The van der Waals surface area contributed by atoms with Gasteiger partial charge in [-0.25, -0.2) is 13.1 Å². The Morgan fingerprint density at radius 1 is 1.06 bits per heavy atom. The number of ether oxygens (including phenoxy) is 1. The number of sulfonamides is 1. The minimum absolute atomic E-state index is 0.131. The zero-order valence-corrected chi connectivity index (χ0v) is 20.8. The van der Waals surface area contributed by atoms with Crippen LogP contribution in [-0.2, 0) is 14.8 Å². The van der Waals surface area contributed by atoms with Crippen LogP contribution in [0.1, 0.15) is 29.4 Å². The van der Waals surface area contributed by atoms with Gasteiger partial charge < -0.3 is 15.0 Å². The van der Waals surface area contributed by atoms with Gasteiger partial charge in [-0.2, -0.15) is 0 Å². The van der Waals surface area contributed by atoms with Crippen LogP contribution >= 0.6 is 11.3 Å². The molecule has 0 atom stereocenters. The highest BCUT2D eigenvalue weighted by Gasteiger charge is 2.22. The van der Waals surface area contributed by atoms with Gasteiger partial charge in [0.05, 0.1) is 28.0 Å². The van der Waals surface area contributed by atoms with Gasteiger partial charge in [0, 0.05) is 30.9 Å². The third-order valence-electron chi connectivity index (χ3n) is 5.54. The number of anilines is 2. The van der Waals surface area contributed by atoms with E-state index in [2.05, 4.69) is 14.9 Å². The fourth-order valence-corrected chi connectivity index (χ4v) is 5.97. The zero-order valence-electron chi connectivity index (χ0n) is 19.1. The van der Waals surface area contributed by atoms with Gasteiger partial charge in [-0.05, 0) is 36.2 Å². The maximum absolute atomic E-state index is 13.2. The Hall–Kier alpha value is -2.72. The van der Waals surface area contributed by atoms with E-state index in [0.717, 1.165) is 42.1 Å². The van der Waals surface area contributed by atoms with Gasteiger partial charge >= 0.3 is 0 Å². The SMILES string of the molecule is CCCCNS(=O)(=O)c1cccc(NC(=O)c2cc(-c3ccccc3)c(N3CCOCC3)s2)c1. The third kappa shape index (κ3) is 5.85. The predicted octanol–water partition coefficient (Wildman–Crippen LogP) is 4.58. The van der Waals surface area contributed by atoms with Crippen LogP contribution in [0.2, 0.25) is 0 Å². The molecule has 4 rings (SSSR count). The summed E-state index contributed by atoms with van der Waals surface area (Å²) in [5.74, 6) is -0.268. The number of hydrogen-bond donors (Lipinski definition) is 2. The summed E-state index contributed by atoms with van der Waals surface area (Å²) in [6.07, 6.45) is 1.67. The number of benzene rings is 2. The first-order valence-electron chi connectivity index (χ1n) is 11.4. The van der Waals surface area contributed by atoms with E-state index < -0.39 is 10.0 Å². The molecule has 7 nitrogen and oxygen atoms in total. The summed E-state index contributed by atoms with van der Waals surface area (Å²) in [6, 6.07) is 18.3. The first-order valence-corrected chi connectivity index (χ1v) is 13.7. The molecule has 9 heteroatoms. The Labute approximate surface area is 204 Å². The van der Waals surface area contributed by atoms with E-state index in [1.165, 1.54) is 23.5 Å². The van der Waals surface area contributed by atoms with Crippen LogP contribution in [-0.4, -0.2) is 47.2 Å². The predicted molar refractivity (Wildman–Crippen MR) is 137 cm³/mol. The number of rotatable bonds is 9. The van der Waals surface area contributed by atoms with Crippen LogP contribution in [0.15, 0.2) is 65.6 Å². The summed E-state index contributed by atoms with van der Waals surface area (Å²) >= 11 is 1.44. The Balaban J connectivity index is 1.57. The Bertz CT molecular complexity index is 1220. The molecule has 3 aromatic rings. The molecule has 0 unspecified atom stereocenters. The number of amides is 1. The summed E-state index contributed by atoms with van der Waals surface area (Å²) < 4.78 is 33.2. The van der Waals surface area contributed by atoms with E-state index in [1.54, 1.807) is 12.1 Å². The number of morpholine rings is 1. The normalized spacial score (nSPS) is 14.2. The standard InChI is InChI=1S/C25H29N3O4S2/c1-2-3-12-26-34(30,31)21-11-7-10-20(17-21)27-24(29)23-18-22(19-8-5-4-6-9-19)25(33-23)28-13-15-32-16-14-28/h4-11,17-18,26H,2-3,12-16H2,1H3,(H,27,29). The molecule has 0 aliphatic carbocycles. The highest BCUT2D eigenvalue weighted by atomic mass is 32.2. The first-order chi connectivity index (χ1) is 16.5. The van der Waals surface area contributed by atoms with E-state index in [-0.39, 0.29) is 10.8 Å². The number of unbranched alkanes of at least 4 members (excludes halogenated alkanes) is 1. The number of thiophene rings is 1. The molecule has 1 aliphatic heterocycles. The first kappa shape index (κ1) is 24.4. The van der Waals surface area contributed by atoms with E-state index in [4.69, 9.17) is 4.74 Å². The lowest BCUT2D eigenvalue weighted by Gasteiger charge is -2.28. The lowest BCUT2D eigenvalue weighted by molar-refractivity contribution is 0.103. The number of carbonyl (C=O) groups is 1. The molecule has 1 aromatic heterocycles. The summed E-state index contributed by atoms with van der Waals surface area (Å²) in [6.45, 7) is 5.24. The molecule has 2 aromatic carbocycles. The molecule has 0 saturated carbocycles. The minimum atomic E-state index is -3.63. The van der Waals surface area contributed by atoms with Crippen LogP contribution in [0.5, 0.6) is 0 Å². The smallest absolute Gasteiger partial charge is 0.265 e. The lowest BCUT2D eigenvalue weighted by atomic mass is 10.1. The topological polar surface area (TPSA) is 87.7 Å². The van der Waals surface area contributed by atoms with Crippen molar-refractivity contribution in [2.75, 3.05) is 43.1 Å². The van der Waals surface area contributed by atoms with Crippen molar-refractivity contribution in [2.45, 2.75) is 24.7 Å². The largest absolute Gasteiger partial charge is 0.378 e. The van der Waals surface area contributed by atoms with Crippen molar-refractivity contribution < 1.29 is 17.9 Å². The Morgan fingerprint density at radius 3 is 2.56 bits per heavy atom. The van der Waals surface area contributed by atoms with E-state index in [9.17, 15) is 13.2 Å². The molecule has 1 fully saturated rings. The van der Waals surface area contributed by atoms with Gasteiger partial charge in [0.15, 0.2) is 0 Å². The number of carbonyl (C=O) groups excluding carboxylic acids is 1. The molecule has 0 bridgehead atoms. The molecule has 2 N–H and O–H groups in total. The molecular formula is C25H29N3O4S2. The quantitative estimate of drug-likeness (QED) is 0.421. The molecule has 1 saturated heterocycles. The van der Waals surface area contributed by atoms with Crippen molar-refractivity contribution in [3.63, 3.8) is 0 Å². The van der Waals surface area contributed by atoms with Crippen LogP contribution in [0.4, 0.5) is 10.7 Å². The van der Waals surface area contributed by atoms with Crippen LogP contribution in [0.25, 0.3) is 11.1 Å². The second-order valence-corrected chi connectivity index (χ2v) is 10.8. The number of hydrogen-bond acceptors (Lipinski definition) is 6. The van der Waals surface area contributed by atoms with Crippen LogP contribution in [0, 0.1) is 0 Å². The van der Waals surface area contributed by atoms with E-state index in [0.29, 0.717) is 30.3 Å². The monoisotopic (exact) mass is 499 g/mol. The Morgan fingerprint density at radius 2 is 1.82 bits per heavy atom. The maximum Gasteiger partial charge on any atom is 0.265 e. The third-order valence-corrected chi connectivity index (χ3v) is 8.20. The summed E-state index contributed by atoms with van der Waals surface area (Å²) in [7, 11) is -3.63. The second-order valence-electron chi connectivity index (χ2n) is 8.03. The van der Waals surface area contributed by atoms with Crippen molar-refractivity contribution in [1.29, 1.82) is 0 Å². The zero-order chi connectivity index (χ0) is 24.0.